The Kier molecular flexibility index (Phi) is 21.1. The van der Waals surface area contributed by atoms with E-state index in [4.69, 9.17) is 9.47 Å². The van der Waals surface area contributed by atoms with Crippen LogP contribution in [0.1, 0.15) is 141 Å². The molecular formula is C32H54O4. The molecule has 4 heteroatoms. The first-order valence-electron chi connectivity index (χ1n) is 15.0. The molecule has 36 heavy (non-hydrogen) atoms. The fourth-order valence-corrected chi connectivity index (χ4v) is 4.55. The monoisotopic (exact) mass is 502 g/mol. The predicted octanol–water partition coefficient (Wildman–Crippen LogP) is 9.34. The number of carbonyl (C=O) groups excluding carboxylic acids is 2. The molecule has 0 N–H and O–H groups in total. The van der Waals surface area contributed by atoms with Crippen LogP contribution in [0.2, 0.25) is 0 Å². The van der Waals surface area contributed by atoms with E-state index < -0.39 is 0 Å². The minimum Gasteiger partial charge on any atom is -0.465 e. The van der Waals surface area contributed by atoms with E-state index in [1.165, 1.54) is 51.4 Å². The van der Waals surface area contributed by atoms with Gasteiger partial charge in [0, 0.05) is 6.42 Å². The van der Waals surface area contributed by atoms with E-state index in [-0.39, 0.29) is 17.9 Å². The average molecular weight is 503 g/mol. The molecule has 0 saturated heterocycles. The smallest absolute Gasteiger partial charge is 0.308 e. The van der Waals surface area contributed by atoms with Crippen LogP contribution in [0.4, 0.5) is 0 Å². The molecule has 0 aromatic heterocycles. The van der Waals surface area contributed by atoms with Crippen molar-refractivity contribution in [1.29, 1.82) is 0 Å². The van der Waals surface area contributed by atoms with Crippen molar-refractivity contribution in [3.05, 3.63) is 35.9 Å². The van der Waals surface area contributed by atoms with Crippen molar-refractivity contribution in [3.63, 3.8) is 0 Å². The SMILES string of the molecule is CCCCCCCC(CCCCCCC)C(=O)OCCCCCCCCC(=O)OCc1ccccc1. The minimum atomic E-state index is -0.115. The first kappa shape index (κ1) is 32.2. The molecular weight excluding hydrogens is 448 g/mol. The predicted molar refractivity (Wildman–Crippen MR) is 150 cm³/mol. The van der Waals surface area contributed by atoms with Crippen molar-refractivity contribution in [2.45, 2.75) is 142 Å². The number of benzene rings is 1. The van der Waals surface area contributed by atoms with Gasteiger partial charge in [0.15, 0.2) is 0 Å². The largest absolute Gasteiger partial charge is 0.465 e. The lowest BCUT2D eigenvalue weighted by molar-refractivity contribution is -0.149. The summed E-state index contributed by atoms with van der Waals surface area (Å²) in [7, 11) is 0. The zero-order valence-corrected chi connectivity index (χ0v) is 23.4. The lowest BCUT2D eigenvalue weighted by atomic mass is 9.94. The van der Waals surface area contributed by atoms with Crippen LogP contribution in [0.15, 0.2) is 30.3 Å². The first-order chi connectivity index (χ1) is 17.7. The van der Waals surface area contributed by atoms with Crippen LogP contribution in [0.25, 0.3) is 0 Å². The molecule has 206 valence electrons. The quantitative estimate of drug-likeness (QED) is 0.104. The highest BCUT2D eigenvalue weighted by Gasteiger charge is 2.19. The molecule has 0 aliphatic rings. The summed E-state index contributed by atoms with van der Waals surface area (Å²) >= 11 is 0. The second kappa shape index (κ2) is 23.6. The van der Waals surface area contributed by atoms with Crippen molar-refractivity contribution < 1.29 is 19.1 Å². The molecule has 1 aromatic rings. The third kappa shape index (κ3) is 18.4. The second-order valence-corrected chi connectivity index (χ2v) is 10.3. The Hall–Kier alpha value is -1.84. The van der Waals surface area contributed by atoms with Crippen LogP contribution in [0.5, 0.6) is 0 Å². The number of rotatable bonds is 24. The van der Waals surface area contributed by atoms with Gasteiger partial charge in [0.1, 0.15) is 6.61 Å². The van der Waals surface area contributed by atoms with E-state index in [1.54, 1.807) is 0 Å². The van der Waals surface area contributed by atoms with Crippen LogP contribution >= 0.6 is 0 Å². The Morgan fingerprint density at radius 3 is 1.78 bits per heavy atom. The van der Waals surface area contributed by atoms with Crippen molar-refractivity contribution in [1.82, 2.24) is 0 Å². The Bertz CT molecular complexity index is 629. The highest BCUT2D eigenvalue weighted by atomic mass is 16.5. The standard InChI is InChI=1S/C32H54O4/c1-3-5-7-11-18-24-30(25-19-12-8-6-4-2)32(34)35-27-21-14-10-9-13-20-26-31(33)36-28-29-22-16-15-17-23-29/h15-17,22-23,30H,3-14,18-21,24-28H2,1-2H3. The maximum Gasteiger partial charge on any atom is 0.308 e. The van der Waals surface area contributed by atoms with E-state index in [9.17, 15) is 9.59 Å². The maximum atomic E-state index is 12.7. The fourth-order valence-electron chi connectivity index (χ4n) is 4.55. The summed E-state index contributed by atoms with van der Waals surface area (Å²) in [5.74, 6) is 0.0148. The van der Waals surface area contributed by atoms with Gasteiger partial charge in [-0.05, 0) is 31.2 Å². The van der Waals surface area contributed by atoms with E-state index in [2.05, 4.69) is 13.8 Å². The van der Waals surface area contributed by atoms with Gasteiger partial charge in [-0.3, -0.25) is 9.59 Å². The molecule has 0 spiro atoms. The molecule has 0 fully saturated rings. The van der Waals surface area contributed by atoms with Crippen LogP contribution < -0.4 is 0 Å². The molecule has 0 aliphatic carbocycles. The molecule has 0 heterocycles. The van der Waals surface area contributed by atoms with Crippen molar-refractivity contribution >= 4 is 11.9 Å². The minimum absolute atomic E-state index is 0.0370. The molecule has 0 radical (unpaired) electrons. The Morgan fingerprint density at radius 1 is 0.639 bits per heavy atom. The number of esters is 2. The topological polar surface area (TPSA) is 52.6 Å². The van der Waals surface area contributed by atoms with Gasteiger partial charge in [-0.2, -0.15) is 0 Å². The normalized spacial score (nSPS) is 11.1. The highest BCUT2D eigenvalue weighted by Crippen LogP contribution is 2.21. The van der Waals surface area contributed by atoms with Gasteiger partial charge in [-0.1, -0.05) is 134 Å². The van der Waals surface area contributed by atoms with E-state index in [1.807, 2.05) is 30.3 Å². The number of ether oxygens (including phenoxy) is 2. The zero-order chi connectivity index (χ0) is 26.1. The Labute approximate surface area is 221 Å². The van der Waals surface area contributed by atoms with Gasteiger partial charge in [-0.15, -0.1) is 0 Å². The number of hydrogen-bond donors (Lipinski definition) is 0. The van der Waals surface area contributed by atoms with Gasteiger partial charge in [0.25, 0.3) is 0 Å². The Morgan fingerprint density at radius 2 is 1.17 bits per heavy atom. The van der Waals surface area contributed by atoms with Gasteiger partial charge >= 0.3 is 11.9 Å². The average Bonchev–Trinajstić information content (AvgIpc) is 2.90. The molecule has 0 unspecified atom stereocenters. The summed E-state index contributed by atoms with van der Waals surface area (Å²) in [6.45, 7) is 5.38. The molecule has 0 saturated carbocycles. The molecule has 1 aromatic carbocycles. The van der Waals surface area contributed by atoms with Crippen molar-refractivity contribution in [2.24, 2.45) is 5.92 Å². The van der Waals surface area contributed by atoms with E-state index in [0.717, 1.165) is 69.8 Å². The summed E-state index contributed by atoms with van der Waals surface area (Å²) in [5.41, 5.74) is 1.02. The number of unbranched alkanes of at least 4 members (excludes halogenated alkanes) is 13. The maximum absolute atomic E-state index is 12.7. The summed E-state index contributed by atoms with van der Waals surface area (Å²) < 4.78 is 11.0. The highest BCUT2D eigenvalue weighted by molar-refractivity contribution is 5.72. The third-order valence-corrected chi connectivity index (χ3v) is 6.91. The van der Waals surface area contributed by atoms with Crippen LogP contribution in [-0.4, -0.2) is 18.5 Å². The summed E-state index contributed by atoms with van der Waals surface area (Å²) in [5, 5.41) is 0. The van der Waals surface area contributed by atoms with Crippen LogP contribution in [0, 0.1) is 5.92 Å². The molecule has 0 amide bonds. The van der Waals surface area contributed by atoms with E-state index in [0.29, 0.717) is 19.6 Å². The van der Waals surface area contributed by atoms with Gasteiger partial charge < -0.3 is 9.47 Å². The summed E-state index contributed by atoms with van der Waals surface area (Å²) in [6.07, 6.45) is 21.0. The summed E-state index contributed by atoms with van der Waals surface area (Å²) in [4.78, 5) is 24.6. The number of carbonyl (C=O) groups is 2. The van der Waals surface area contributed by atoms with Gasteiger partial charge in [0.05, 0.1) is 12.5 Å². The first-order valence-corrected chi connectivity index (χ1v) is 15.0. The zero-order valence-electron chi connectivity index (χ0n) is 23.4. The van der Waals surface area contributed by atoms with Gasteiger partial charge in [0.2, 0.25) is 0 Å². The molecule has 0 atom stereocenters. The second-order valence-electron chi connectivity index (χ2n) is 10.3. The number of hydrogen-bond acceptors (Lipinski definition) is 4. The van der Waals surface area contributed by atoms with E-state index >= 15 is 0 Å². The van der Waals surface area contributed by atoms with Crippen molar-refractivity contribution in [2.75, 3.05) is 6.61 Å². The van der Waals surface area contributed by atoms with Crippen LogP contribution in [0.3, 0.4) is 0 Å². The third-order valence-electron chi connectivity index (χ3n) is 6.91. The summed E-state index contributed by atoms with van der Waals surface area (Å²) in [6, 6.07) is 9.79. The van der Waals surface area contributed by atoms with Crippen molar-refractivity contribution in [3.8, 4) is 0 Å². The molecule has 0 bridgehead atoms. The molecule has 1 rings (SSSR count). The van der Waals surface area contributed by atoms with Gasteiger partial charge in [-0.25, -0.2) is 0 Å². The Balaban J connectivity index is 2.07. The lowest BCUT2D eigenvalue weighted by Crippen LogP contribution is -2.18. The molecule has 0 aliphatic heterocycles. The fraction of sp³-hybridized carbons (Fsp3) is 0.750. The lowest BCUT2D eigenvalue weighted by Gasteiger charge is -2.16. The van der Waals surface area contributed by atoms with Crippen LogP contribution in [-0.2, 0) is 25.7 Å². The molecule has 4 nitrogen and oxygen atoms in total.